The van der Waals surface area contributed by atoms with Gasteiger partial charge >= 0.3 is 0 Å². The average Bonchev–Trinajstić information content (AvgIpc) is 2.54. The monoisotopic (exact) mass is 311 g/mol. The lowest BCUT2D eigenvalue weighted by atomic mass is 10.1. The summed E-state index contributed by atoms with van der Waals surface area (Å²) in [6.07, 6.45) is 1.15. The van der Waals surface area contributed by atoms with Crippen molar-refractivity contribution in [2.24, 2.45) is 0 Å². The average molecular weight is 311 g/mol. The fraction of sp³-hybridized carbons (Fsp3) is 0.0588. The second-order valence-corrected chi connectivity index (χ2v) is 4.68. The van der Waals surface area contributed by atoms with Crippen LogP contribution in [0.4, 0.5) is 17.1 Å². The van der Waals surface area contributed by atoms with E-state index in [0.717, 1.165) is 6.08 Å². The largest absolute Gasteiger partial charge is 0.497 e. The molecule has 0 spiro atoms. The quantitative estimate of drug-likeness (QED) is 0.584. The van der Waals surface area contributed by atoms with Gasteiger partial charge in [-0.25, -0.2) is 0 Å². The number of benzene rings is 2. The van der Waals surface area contributed by atoms with E-state index in [-0.39, 0.29) is 17.5 Å². The summed E-state index contributed by atoms with van der Waals surface area (Å²) in [7, 11) is 1.55. The van der Waals surface area contributed by atoms with Crippen LogP contribution in [-0.4, -0.2) is 18.9 Å². The SMILES string of the molecule is C=CC(=O)Nc1ccc(C(=O)Nc2cccc(OC)c2)c(N)c1. The van der Waals surface area contributed by atoms with Crippen molar-refractivity contribution in [1.82, 2.24) is 0 Å². The Morgan fingerprint density at radius 1 is 1.13 bits per heavy atom. The Morgan fingerprint density at radius 2 is 1.87 bits per heavy atom. The minimum atomic E-state index is -0.350. The number of amides is 2. The number of anilines is 3. The molecule has 0 unspecified atom stereocenters. The summed E-state index contributed by atoms with van der Waals surface area (Å²) in [5.74, 6) is -0.0615. The maximum absolute atomic E-state index is 12.3. The molecule has 0 aromatic heterocycles. The van der Waals surface area contributed by atoms with Crippen LogP contribution in [-0.2, 0) is 4.79 Å². The van der Waals surface area contributed by atoms with E-state index in [2.05, 4.69) is 17.2 Å². The van der Waals surface area contributed by atoms with Crippen LogP contribution in [0.2, 0.25) is 0 Å². The summed E-state index contributed by atoms with van der Waals surface area (Å²) >= 11 is 0. The Bertz CT molecular complexity index is 756. The zero-order valence-electron chi connectivity index (χ0n) is 12.6. The molecule has 0 bridgehead atoms. The fourth-order valence-electron chi connectivity index (χ4n) is 1.94. The molecule has 2 rings (SSSR count). The van der Waals surface area contributed by atoms with E-state index in [1.165, 1.54) is 6.07 Å². The van der Waals surface area contributed by atoms with Gasteiger partial charge in [-0.15, -0.1) is 0 Å². The lowest BCUT2D eigenvalue weighted by Gasteiger charge is -2.10. The van der Waals surface area contributed by atoms with Gasteiger partial charge in [-0.2, -0.15) is 0 Å². The summed E-state index contributed by atoms with van der Waals surface area (Å²) in [5, 5.41) is 5.32. The predicted octanol–water partition coefficient (Wildman–Crippen LogP) is 2.65. The summed E-state index contributed by atoms with van der Waals surface area (Å²) < 4.78 is 5.10. The smallest absolute Gasteiger partial charge is 0.257 e. The standard InChI is InChI=1S/C17H17N3O3/c1-3-16(21)19-12-7-8-14(15(18)10-12)17(22)20-11-5-4-6-13(9-11)23-2/h3-10H,1,18H2,2H3,(H,19,21)(H,20,22). The van der Waals surface area contributed by atoms with Gasteiger partial charge < -0.3 is 21.1 Å². The Balaban J connectivity index is 2.15. The summed E-state index contributed by atoms with van der Waals surface area (Å²) in [6.45, 7) is 3.37. The van der Waals surface area contributed by atoms with Crippen LogP contribution < -0.4 is 21.1 Å². The number of nitrogen functional groups attached to an aromatic ring is 1. The van der Waals surface area contributed by atoms with Crippen LogP contribution in [0.25, 0.3) is 0 Å². The molecule has 0 saturated carbocycles. The Kier molecular flexibility index (Phi) is 4.99. The molecule has 4 N–H and O–H groups in total. The van der Waals surface area contributed by atoms with E-state index >= 15 is 0 Å². The summed E-state index contributed by atoms with van der Waals surface area (Å²) in [4.78, 5) is 23.5. The number of ether oxygens (including phenoxy) is 1. The highest BCUT2D eigenvalue weighted by molar-refractivity contribution is 6.08. The van der Waals surface area contributed by atoms with Crippen LogP contribution in [0.15, 0.2) is 55.1 Å². The zero-order valence-corrected chi connectivity index (χ0v) is 12.6. The predicted molar refractivity (Wildman–Crippen MR) is 90.6 cm³/mol. The van der Waals surface area contributed by atoms with Crippen LogP contribution in [0, 0.1) is 0 Å². The topological polar surface area (TPSA) is 93.5 Å². The van der Waals surface area contributed by atoms with E-state index in [1.54, 1.807) is 43.5 Å². The fourth-order valence-corrected chi connectivity index (χ4v) is 1.94. The Morgan fingerprint density at radius 3 is 2.52 bits per heavy atom. The molecule has 2 aromatic carbocycles. The minimum Gasteiger partial charge on any atom is -0.497 e. The first kappa shape index (κ1) is 16.1. The van der Waals surface area contributed by atoms with Gasteiger partial charge in [0.15, 0.2) is 0 Å². The molecule has 0 heterocycles. The number of rotatable bonds is 5. The third-order valence-corrected chi connectivity index (χ3v) is 3.08. The number of nitrogens with one attached hydrogen (secondary N) is 2. The molecular formula is C17H17N3O3. The molecule has 2 amide bonds. The number of methoxy groups -OCH3 is 1. The molecule has 23 heavy (non-hydrogen) atoms. The van der Waals surface area contributed by atoms with Gasteiger partial charge in [-0.3, -0.25) is 9.59 Å². The van der Waals surface area contributed by atoms with Crippen molar-refractivity contribution in [3.63, 3.8) is 0 Å². The molecule has 6 heteroatoms. The number of nitrogens with two attached hydrogens (primary N) is 1. The molecule has 6 nitrogen and oxygen atoms in total. The first-order chi connectivity index (χ1) is 11.0. The number of carbonyl (C=O) groups is 2. The normalized spacial score (nSPS) is 9.78. The Hall–Kier alpha value is -3.28. The zero-order chi connectivity index (χ0) is 16.8. The second-order valence-electron chi connectivity index (χ2n) is 4.68. The minimum absolute atomic E-state index is 0.257. The highest BCUT2D eigenvalue weighted by atomic mass is 16.5. The second kappa shape index (κ2) is 7.13. The maximum Gasteiger partial charge on any atom is 0.257 e. The first-order valence-electron chi connectivity index (χ1n) is 6.82. The van der Waals surface area contributed by atoms with Crippen molar-refractivity contribution < 1.29 is 14.3 Å². The van der Waals surface area contributed by atoms with Crippen molar-refractivity contribution >= 4 is 28.9 Å². The lowest BCUT2D eigenvalue weighted by molar-refractivity contribution is -0.111. The van der Waals surface area contributed by atoms with E-state index in [0.29, 0.717) is 22.7 Å². The molecule has 0 aliphatic heterocycles. The van der Waals surface area contributed by atoms with Crippen LogP contribution in [0.3, 0.4) is 0 Å². The van der Waals surface area contributed by atoms with Crippen molar-refractivity contribution in [3.05, 3.63) is 60.7 Å². The third kappa shape index (κ3) is 4.10. The van der Waals surface area contributed by atoms with E-state index in [4.69, 9.17) is 10.5 Å². The molecule has 0 aliphatic rings. The highest BCUT2D eigenvalue weighted by Gasteiger charge is 2.11. The van der Waals surface area contributed by atoms with E-state index < -0.39 is 0 Å². The van der Waals surface area contributed by atoms with Crippen molar-refractivity contribution in [1.29, 1.82) is 0 Å². The van der Waals surface area contributed by atoms with E-state index in [9.17, 15) is 9.59 Å². The number of hydrogen-bond donors (Lipinski definition) is 3. The molecule has 0 aliphatic carbocycles. The third-order valence-electron chi connectivity index (χ3n) is 3.08. The molecule has 0 saturated heterocycles. The molecular weight excluding hydrogens is 294 g/mol. The summed E-state index contributed by atoms with van der Waals surface area (Å²) in [6, 6.07) is 11.7. The summed E-state index contributed by atoms with van der Waals surface area (Å²) in [5.41, 5.74) is 7.54. The van der Waals surface area contributed by atoms with Gasteiger partial charge in [0, 0.05) is 23.1 Å². The number of carbonyl (C=O) groups excluding carboxylic acids is 2. The first-order valence-corrected chi connectivity index (χ1v) is 6.82. The highest BCUT2D eigenvalue weighted by Crippen LogP contribution is 2.21. The lowest BCUT2D eigenvalue weighted by Crippen LogP contribution is -2.15. The van der Waals surface area contributed by atoms with Gasteiger partial charge in [-0.05, 0) is 36.4 Å². The molecule has 2 aromatic rings. The van der Waals surface area contributed by atoms with Crippen molar-refractivity contribution in [2.75, 3.05) is 23.5 Å². The molecule has 0 atom stereocenters. The number of hydrogen-bond acceptors (Lipinski definition) is 4. The van der Waals surface area contributed by atoms with E-state index in [1.807, 2.05) is 0 Å². The van der Waals surface area contributed by atoms with Crippen LogP contribution in [0.1, 0.15) is 10.4 Å². The van der Waals surface area contributed by atoms with Gasteiger partial charge in [-0.1, -0.05) is 12.6 Å². The molecule has 0 fully saturated rings. The molecule has 0 radical (unpaired) electrons. The van der Waals surface area contributed by atoms with Gasteiger partial charge in [0.05, 0.1) is 12.7 Å². The van der Waals surface area contributed by atoms with Crippen molar-refractivity contribution in [2.45, 2.75) is 0 Å². The van der Waals surface area contributed by atoms with Crippen LogP contribution >= 0.6 is 0 Å². The Labute approximate surface area is 133 Å². The van der Waals surface area contributed by atoms with Gasteiger partial charge in [0.1, 0.15) is 5.75 Å². The maximum atomic E-state index is 12.3. The van der Waals surface area contributed by atoms with Crippen molar-refractivity contribution in [3.8, 4) is 5.75 Å². The molecule has 118 valence electrons. The van der Waals surface area contributed by atoms with Gasteiger partial charge in [0.2, 0.25) is 5.91 Å². The van der Waals surface area contributed by atoms with Crippen LogP contribution in [0.5, 0.6) is 5.75 Å². The van der Waals surface area contributed by atoms with Gasteiger partial charge in [0.25, 0.3) is 5.91 Å².